The van der Waals surface area contributed by atoms with Crippen LogP contribution in [-0.4, -0.2) is 17.5 Å². The van der Waals surface area contributed by atoms with E-state index in [1.54, 1.807) is 12.1 Å². The number of benzene rings is 1. The Hall–Kier alpha value is -1.51. The molecule has 0 bridgehead atoms. The largest absolute Gasteiger partial charge is 0.508 e. The van der Waals surface area contributed by atoms with E-state index in [1.807, 2.05) is 6.07 Å². The van der Waals surface area contributed by atoms with Gasteiger partial charge in [-0.15, -0.1) is 0 Å². The maximum atomic E-state index is 12.2. The summed E-state index contributed by atoms with van der Waals surface area (Å²) in [6.07, 6.45) is 3.82. The molecule has 1 aromatic rings. The van der Waals surface area contributed by atoms with Gasteiger partial charge in [-0.05, 0) is 42.7 Å². The van der Waals surface area contributed by atoms with E-state index in [-0.39, 0.29) is 11.2 Å². The first-order valence-corrected chi connectivity index (χ1v) is 7.58. The second-order valence-electron chi connectivity index (χ2n) is 6.83. The molecular formula is C17H20O3. The predicted molar refractivity (Wildman–Crippen MR) is 74.9 cm³/mol. The summed E-state index contributed by atoms with van der Waals surface area (Å²) in [5.74, 6) is 2.96. The summed E-state index contributed by atoms with van der Waals surface area (Å²) in [6, 6.07) is 5.47. The molecule has 0 unspecified atom stereocenters. The number of Topliss-reactive ketones (excluding diaryl/α,β-unsaturated/α-hetero) is 1. The highest BCUT2D eigenvalue weighted by Gasteiger charge is 2.55. The van der Waals surface area contributed by atoms with Crippen LogP contribution in [0.25, 0.3) is 0 Å². The Balaban J connectivity index is 1.73. The molecule has 4 rings (SSSR count). The number of hydrogen-bond donors (Lipinski definition) is 1. The number of hydrogen-bond acceptors (Lipinski definition) is 3. The van der Waals surface area contributed by atoms with Crippen molar-refractivity contribution >= 4 is 5.78 Å². The van der Waals surface area contributed by atoms with Gasteiger partial charge in [0.25, 0.3) is 0 Å². The number of ketones is 1. The van der Waals surface area contributed by atoms with Crippen molar-refractivity contribution < 1.29 is 14.6 Å². The molecule has 3 heteroatoms. The third-order valence-corrected chi connectivity index (χ3v) is 5.97. The second kappa shape index (κ2) is 4.00. The summed E-state index contributed by atoms with van der Waals surface area (Å²) < 4.78 is 5.89. The Labute approximate surface area is 118 Å². The Morgan fingerprint density at radius 2 is 2.20 bits per heavy atom. The van der Waals surface area contributed by atoms with Crippen LogP contribution in [0.15, 0.2) is 18.2 Å². The molecule has 2 aliphatic carbocycles. The number of rotatable bonds is 0. The Bertz CT molecular complexity index is 580. The fourth-order valence-corrected chi connectivity index (χ4v) is 4.82. The molecule has 3 nitrogen and oxygen atoms in total. The van der Waals surface area contributed by atoms with Crippen LogP contribution >= 0.6 is 0 Å². The van der Waals surface area contributed by atoms with Gasteiger partial charge in [0, 0.05) is 23.8 Å². The summed E-state index contributed by atoms with van der Waals surface area (Å²) in [5.41, 5.74) is 1.11. The summed E-state index contributed by atoms with van der Waals surface area (Å²) in [6.45, 7) is 2.85. The van der Waals surface area contributed by atoms with Crippen LogP contribution in [0.5, 0.6) is 11.5 Å². The lowest BCUT2D eigenvalue weighted by atomic mass is 9.58. The van der Waals surface area contributed by atoms with Gasteiger partial charge >= 0.3 is 0 Å². The topological polar surface area (TPSA) is 46.5 Å². The molecule has 0 saturated heterocycles. The lowest BCUT2D eigenvalue weighted by Crippen LogP contribution is -2.44. The van der Waals surface area contributed by atoms with Crippen molar-refractivity contribution in [1.82, 2.24) is 0 Å². The fraction of sp³-hybridized carbons (Fsp3) is 0.588. The monoisotopic (exact) mass is 272 g/mol. The molecule has 1 N–H and O–H groups in total. The van der Waals surface area contributed by atoms with Crippen LogP contribution in [0.4, 0.5) is 0 Å². The molecule has 0 aromatic heterocycles. The van der Waals surface area contributed by atoms with Gasteiger partial charge in [0.1, 0.15) is 17.3 Å². The van der Waals surface area contributed by atoms with Crippen LogP contribution in [0.2, 0.25) is 0 Å². The molecule has 4 atom stereocenters. The van der Waals surface area contributed by atoms with E-state index in [9.17, 15) is 9.90 Å². The van der Waals surface area contributed by atoms with Crippen molar-refractivity contribution in [1.29, 1.82) is 0 Å². The van der Waals surface area contributed by atoms with E-state index in [0.29, 0.717) is 30.1 Å². The molecule has 20 heavy (non-hydrogen) atoms. The number of carbonyl (C=O) groups excluding carboxylic acids is 1. The van der Waals surface area contributed by atoms with Crippen LogP contribution in [0, 0.1) is 17.3 Å². The van der Waals surface area contributed by atoms with Crippen molar-refractivity contribution in [3.05, 3.63) is 23.8 Å². The molecule has 1 aliphatic heterocycles. The number of fused-ring (bicyclic) bond motifs is 5. The Morgan fingerprint density at radius 3 is 3.05 bits per heavy atom. The summed E-state index contributed by atoms with van der Waals surface area (Å²) in [7, 11) is 0. The number of ether oxygens (including phenoxy) is 1. The van der Waals surface area contributed by atoms with E-state index in [0.717, 1.165) is 31.4 Å². The molecule has 0 spiro atoms. The molecule has 0 amide bonds. The summed E-state index contributed by atoms with van der Waals surface area (Å²) in [4.78, 5) is 12.2. The average Bonchev–Trinajstić information content (AvgIpc) is 2.74. The van der Waals surface area contributed by atoms with Gasteiger partial charge in [0.05, 0.1) is 6.61 Å². The van der Waals surface area contributed by atoms with Crippen LogP contribution in [0.1, 0.15) is 44.1 Å². The molecule has 1 aromatic carbocycles. The zero-order valence-corrected chi connectivity index (χ0v) is 11.8. The molecule has 2 saturated carbocycles. The second-order valence-corrected chi connectivity index (χ2v) is 6.83. The van der Waals surface area contributed by atoms with Gasteiger partial charge in [-0.25, -0.2) is 0 Å². The third kappa shape index (κ3) is 1.49. The molecule has 1 heterocycles. The standard InChI is InChI=1S/C17H20O3/c1-17-7-6-11-12-3-2-10(18)8-15(12)20-9-13(11)14(17)4-5-16(17)19/h2-3,8,11,13-14,18H,4-7,9H2,1H3/t11-,13+,14+,17+/m1/s1. The maximum absolute atomic E-state index is 12.2. The van der Waals surface area contributed by atoms with Crippen molar-refractivity contribution in [3.8, 4) is 11.5 Å². The molecular weight excluding hydrogens is 252 g/mol. The average molecular weight is 272 g/mol. The SMILES string of the molecule is C[C@]12CC[C@@H]3c4ccc(O)cc4OC[C@@H]3[C@@H]1CCC2=O. The highest BCUT2D eigenvalue weighted by atomic mass is 16.5. The Kier molecular flexibility index (Phi) is 2.45. The predicted octanol–water partition coefficient (Wildman–Crippen LogP) is 3.26. The van der Waals surface area contributed by atoms with Gasteiger partial charge in [-0.1, -0.05) is 13.0 Å². The minimum absolute atomic E-state index is 0.112. The van der Waals surface area contributed by atoms with E-state index < -0.39 is 0 Å². The van der Waals surface area contributed by atoms with Crippen LogP contribution in [-0.2, 0) is 4.79 Å². The van der Waals surface area contributed by atoms with Gasteiger partial charge in [-0.2, -0.15) is 0 Å². The number of phenols is 1. The summed E-state index contributed by atoms with van der Waals surface area (Å²) in [5, 5.41) is 9.59. The molecule has 106 valence electrons. The number of aromatic hydroxyl groups is 1. The highest BCUT2D eigenvalue weighted by Crippen LogP contribution is 2.58. The molecule has 2 fully saturated rings. The molecule has 0 radical (unpaired) electrons. The summed E-state index contributed by atoms with van der Waals surface area (Å²) >= 11 is 0. The molecule has 3 aliphatic rings. The van der Waals surface area contributed by atoms with Crippen molar-refractivity contribution in [2.45, 2.75) is 38.5 Å². The van der Waals surface area contributed by atoms with Crippen LogP contribution < -0.4 is 4.74 Å². The number of phenolic OH excluding ortho intramolecular Hbond substituents is 1. The van der Waals surface area contributed by atoms with Crippen LogP contribution in [0.3, 0.4) is 0 Å². The van der Waals surface area contributed by atoms with Crippen molar-refractivity contribution in [2.24, 2.45) is 17.3 Å². The van der Waals surface area contributed by atoms with Crippen molar-refractivity contribution in [2.75, 3.05) is 6.61 Å². The smallest absolute Gasteiger partial charge is 0.139 e. The van der Waals surface area contributed by atoms with E-state index in [4.69, 9.17) is 4.74 Å². The lowest BCUT2D eigenvalue weighted by Gasteiger charge is -2.47. The first-order valence-electron chi connectivity index (χ1n) is 7.58. The van der Waals surface area contributed by atoms with Gasteiger partial charge in [-0.3, -0.25) is 4.79 Å². The zero-order valence-electron chi connectivity index (χ0n) is 11.8. The highest BCUT2D eigenvalue weighted by molar-refractivity contribution is 5.87. The minimum atomic E-state index is -0.112. The number of carbonyl (C=O) groups is 1. The Morgan fingerprint density at radius 1 is 1.35 bits per heavy atom. The van der Waals surface area contributed by atoms with E-state index >= 15 is 0 Å². The lowest BCUT2D eigenvalue weighted by molar-refractivity contribution is -0.129. The maximum Gasteiger partial charge on any atom is 0.139 e. The normalized spacial score (nSPS) is 38.6. The van der Waals surface area contributed by atoms with E-state index in [1.165, 1.54) is 5.56 Å². The fourth-order valence-electron chi connectivity index (χ4n) is 4.82. The van der Waals surface area contributed by atoms with Gasteiger partial charge < -0.3 is 9.84 Å². The van der Waals surface area contributed by atoms with Gasteiger partial charge in [0.15, 0.2) is 0 Å². The minimum Gasteiger partial charge on any atom is -0.508 e. The first-order chi connectivity index (χ1) is 9.59. The third-order valence-electron chi connectivity index (χ3n) is 5.97. The zero-order chi connectivity index (χ0) is 13.9. The quantitative estimate of drug-likeness (QED) is 0.788. The van der Waals surface area contributed by atoms with E-state index in [2.05, 4.69) is 6.92 Å². The van der Waals surface area contributed by atoms with Crippen molar-refractivity contribution in [3.63, 3.8) is 0 Å². The van der Waals surface area contributed by atoms with Gasteiger partial charge in [0.2, 0.25) is 0 Å². The first kappa shape index (κ1) is 12.2.